The summed E-state index contributed by atoms with van der Waals surface area (Å²) in [6.07, 6.45) is 20.2. The van der Waals surface area contributed by atoms with Gasteiger partial charge in [0, 0.05) is 13.0 Å². The molecule has 0 unspecified atom stereocenters. The van der Waals surface area contributed by atoms with Crippen molar-refractivity contribution in [3.05, 3.63) is 0 Å². The van der Waals surface area contributed by atoms with Gasteiger partial charge in [0.15, 0.2) is 0 Å². The second-order valence-electron chi connectivity index (χ2n) is 13.4. The van der Waals surface area contributed by atoms with Gasteiger partial charge in [-0.05, 0) is 6.42 Å². The van der Waals surface area contributed by atoms with Crippen LogP contribution in [-0.2, 0) is 61.6 Å². The summed E-state index contributed by atoms with van der Waals surface area (Å²) in [6, 6.07) is 0. The highest BCUT2D eigenvalue weighted by atomic mass is 16.6. The van der Waals surface area contributed by atoms with Crippen molar-refractivity contribution >= 4 is 5.97 Å². The molecule has 2 N–H and O–H groups in total. The van der Waals surface area contributed by atoms with Crippen LogP contribution in [0.3, 0.4) is 0 Å². The van der Waals surface area contributed by atoms with E-state index in [4.69, 9.17) is 62.6 Å². The van der Waals surface area contributed by atoms with Gasteiger partial charge in [0.1, 0.15) is 6.61 Å². The number of ether oxygens (including phenoxy) is 12. The zero-order valence-corrected chi connectivity index (χ0v) is 35.7. The Labute approximate surface area is 341 Å². The van der Waals surface area contributed by atoms with E-state index in [0.29, 0.717) is 158 Å². The van der Waals surface area contributed by atoms with Crippen molar-refractivity contribution in [1.82, 2.24) is 0 Å². The molecule has 0 heterocycles. The monoisotopic (exact) mass is 812 g/mol. The maximum Gasteiger partial charge on any atom is 0.305 e. The van der Waals surface area contributed by atoms with Gasteiger partial charge >= 0.3 is 5.97 Å². The largest absolute Gasteiger partial charge is 0.463 e. The molecule has 0 aromatic rings. The standard InChI is InChI=1S/C42H85NO13/c1-2-3-4-5-6-7-8-9-10-11-12-13-14-15-16-17-42(44)56-41-40-55-39-38-54-37-36-53-35-34-52-33-32-51-31-30-50-29-28-49-27-26-48-25-24-47-23-22-46-21-20-45-19-18-43/h2-41,43H2,1H3. The summed E-state index contributed by atoms with van der Waals surface area (Å²) in [5.41, 5.74) is 5.34. The van der Waals surface area contributed by atoms with Crippen molar-refractivity contribution in [2.24, 2.45) is 5.73 Å². The van der Waals surface area contributed by atoms with E-state index < -0.39 is 0 Å². The molecule has 0 aliphatic rings. The fourth-order valence-corrected chi connectivity index (χ4v) is 5.31. The fourth-order valence-electron chi connectivity index (χ4n) is 5.31. The van der Waals surface area contributed by atoms with E-state index in [1.54, 1.807) is 0 Å². The molecule has 0 fully saturated rings. The highest BCUT2D eigenvalue weighted by Gasteiger charge is 2.03. The molecule has 0 bridgehead atoms. The van der Waals surface area contributed by atoms with Gasteiger partial charge in [-0.15, -0.1) is 0 Å². The fraction of sp³-hybridized carbons (Fsp3) is 0.976. The molecule has 0 atom stereocenters. The summed E-state index contributed by atoms with van der Waals surface area (Å²) in [6.45, 7) is 14.1. The smallest absolute Gasteiger partial charge is 0.305 e. The van der Waals surface area contributed by atoms with Gasteiger partial charge in [0.2, 0.25) is 0 Å². The SMILES string of the molecule is CCCCCCCCCCCCCCCCCC(=O)OCCOCCOCCOCCOCCOCCOCCOCCOCCOCCOCCOCCN. The summed E-state index contributed by atoms with van der Waals surface area (Å²) in [4.78, 5) is 11.9. The number of esters is 1. The van der Waals surface area contributed by atoms with Gasteiger partial charge in [-0.3, -0.25) is 4.79 Å². The van der Waals surface area contributed by atoms with Gasteiger partial charge in [0.25, 0.3) is 0 Å². The third-order valence-electron chi connectivity index (χ3n) is 8.46. The lowest BCUT2D eigenvalue weighted by Crippen LogP contribution is -2.16. The Kier molecular flexibility index (Phi) is 51.1. The van der Waals surface area contributed by atoms with E-state index in [1.807, 2.05) is 0 Å². The lowest BCUT2D eigenvalue weighted by Gasteiger charge is -2.09. The number of hydrogen-bond acceptors (Lipinski definition) is 14. The van der Waals surface area contributed by atoms with Crippen LogP contribution in [-0.4, -0.2) is 164 Å². The van der Waals surface area contributed by atoms with Gasteiger partial charge in [-0.2, -0.15) is 0 Å². The Bertz CT molecular complexity index is 726. The Hall–Kier alpha value is -1.01. The molecule has 0 aromatic heterocycles. The minimum Gasteiger partial charge on any atom is -0.463 e. The summed E-state index contributed by atoms with van der Waals surface area (Å²) in [5, 5.41) is 0. The minimum atomic E-state index is -0.131. The molecular formula is C42H85NO13. The molecule has 0 aliphatic heterocycles. The quantitative estimate of drug-likeness (QED) is 0.0570. The van der Waals surface area contributed by atoms with E-state index in [2.05, 4.69) is 6.92 Å². The molecule has 14 nitrogen and oxygen atoms in total. The molecule has 0 radical (unpaired) electrons. The van der Waals surface area contributed by atoms with Crippen molar-refractivity contribution in [3.8, 4) is 0 Å². The molecular weight excluding hydrogens is 726 g/mol. The summed E-state index contributed by atoms with van der Waals surface area (Å²) in [5.74, 6) is -0.131. The van der Waals surface area contributed by atoms with E-state index >= 15 is 0 Å². The Morgan fingerprint density at radius 1 is 0.304 bits per heavy atom. The second-order valence-corrected chi connectivity index (χ2v) is 13.4. The van der Waals surface area contributed by atoms with Crippen molar-refractivity contribution in [2.45, 2.75) is 110 Å². The van der Waals surface area contributed by atoms with Crippen LogP contribution in [0, 0.1) is 0 Å². The maximum atomic E-state index is 11.9. The number of nitrogens with two attached hydrogens (primary N) is 1. The highest BCUT2D eigenvalue weighted by Crippen LogP contribution is 2.14. The zero-order valence-electron chi connectivity index (χ0n) is 35.7. The molecule has 56 heavy (non-hydrogen) atoms. The third kappa shape index (κ3) is 51.0. The molecule has 0 saturated carbocycles. The topological polar surface area (TPSA) is 154 Å². The molecule has 14 heteroatoms. The van der Waals surface area contributed by atoms with Crippen molar-refractivity contribution in [2.75, 3.05) is 159 Å². The first kappa shape index (κ1) is 55.0. The van der Waals surface area contributed by atoms with Crippen molar-refractivity contribution < 1.29 is 61.6 Å². The van der Waals surface area contributed by atoms with Crippen molar-refractivity contribution in [3.63, 3.8) is 0 Å². The maximum absolute atomic E-state index is 11.9. The van der Waals surface area contributed by atoms with E-state index in [1.165, 1.54) is 83.5 Å². The Balaban J connectivity index is 3.12. The first-order valence-corrected chi connectivity index (χ1v) is 22.0. The molecule has 0 amide bonds. The van der Waals surface area contributed by atoms with Crippen LogP contribution in [0.2, 0.25) is 0 Å². The van der Waals surface area contributed by atoms with Crippen LogP contribution in [0.25, 0.3) is 0 Å². The normalized spacial score (nSPS) is 11.5. The molecule has 0 saturated heterocycles. The Morgan fingerprint density at radius 3 is 0.768 bits per heavy atom. The highest BCUT2D eigenvalue weighted by molar-refractivity contribution is 5.69. The van der Waals surface area contributed by atoms with Gasteiger partial charge in [0.05, 0.1) is 145 Å². The second kappa shape index (κ2) is 52.0. The van der Waals surface area contributed by atoms with Crippen LogP contribution < -0.4 is 5.73 Å². The van der Waals surface area contributed by atoms with Crippen LogP contribution in [0.5, 0.6) is 0 Å². The molecule has 336 valence electrons. The molecule has 0 aliphatic carbocycles. The summed E-state index contributed by atoms with van der Waals surface area (Å²) < 4.78 is 65.2. The van der Waals surface area contributed by atoms with E-state index in [9.17, 15) is 4.79 Å². The molecule has 0 spiro atoms. The lowest BCUT2D eigenvalue weighted by atomic mass is 10.0. The number of carbonyl (C=O) groups is 1. The van der Waals surface area contributed by atoms with Crippen LogP contribution >= 0.6 is 0 Å². The number of unbranched alkanes of at least 4 members (excludes halogenated alkanes) is 14. The van der Waals surface area contributed by atoms with Gasteiger partial charge < -0.3 is 62.6 Å². The minimum absolute atomic E-state index is 0.131. The van der Waals surface area contributed by atoms with Crippen molar-refractivity contribution in [1.29, 1.82) is 0 Å². The number of carbonyl (C=O) groups excluding carboxylic acids is 1. The van der Waals surface area contributed by atoms with Gasteiger partial charge in [-0.25, -0.2) is 0 Å². The predicted molar refractivity (Wildman–Crippen MR) is 219 cm³/mol. The average molecular weight is 812 g/mol. The summed E-state index contributed by atoms with van der Waals surface area (Å²) >= 11 is 0. The van der Waals surface area contributed by atoms with Gasteiger partial charge in [-0.1, -0.05) is 96.8 Å². The predicted octanol–water partition coefficient (Wildman–Crippen LogP) is 5.93. The third-order valence-corrected chi connectivity index (χ3v) is 8.46. The van der Waals surface area contributed by atoms with E-state index in [0.717, 1.165) is 12.8 Å². The van der Waals surface area contributed by atoms with Crippen LogP contribution in [0.4, 0.5) is 0 Å². The molecule has 0 aromatic carbocycles. The van der Waals surface area contributed by atoms with E-state index in [-0.39, 0.29) is 12.6 Å². The lowest BCUT2D eigenvalue weighted by molar-refractivity contribution is -0.145. The van der Waals surface area contributed by atoms with Crippen LogP contribution in [0.15, 0.2) is 0 Å². The Morgan fingerprint density at radius 2 is 0.518 bits per heavy atom. The zero-order chi connectivity index (χ0) is 40.3. The van der Waals surface area contributed by atoms with Crippen LogP contribution in [0.1, 0.15) is 110 Å². The average Bonchev–Trinajstić information content (AvgIpc) is 3.20. The first-order valence-electron chi connectivity index (χ1n) is 22.0. The first-order chi connectivity index (χ1) is 27.8. The number of rotatable bonds is 51. The molecule has 0 rings (SSSR count). The summed E-state index contributed by atoms with van der Waals surface area (Å²) in [7, 11) is 0. The number of hydrogen-bond donors (Lipinski definition) is 1.